The van der Waals surface area contributed by atoms with Crippen molar-refractivity contribution in [2.45, 2.75) is 31.5 Å². The second-order valence-electron chi connectivity index (χ2n) is 6.52. The molecule has 0 fully saturated rings. The fourth-order valence-electron chi connectivity index (χ4n) is 3.41. The monoisotopic (exact) mass is 363 g/mol. The first kappa shape index (κ1) is 18.8. The van der Waals surface area contributed by atoms with Crippen molar-refractivity contribution in [3.05, 3.63) is 96.3 Å². The van der Waals surface area contributed by atoms with Gasteiger partial charge in [0.15, 0.2) is 0 Å². The molecule has 1 aliphatic heterocycles. The number of carbonyl (C=O) groups excluding carboxylic acids is 1. The van der Waals surface area contributed by atoms with E-state index in [9.17, 15) is 4.79 Å². The fourth-order valence-corrected chi connectivity index (χ4v) is 3.41. The maximum absolute atomic E-state index is 13.0. The number of nitrogens with zero attached hydrogens (tertiary/aromatic N) is 1. The van der Waals surface area contributed by atoms with E-state index < -0.39 is 0 Å². The molecule has 2 aromatic rings. The lowest BCUT2D eigenvalue weighted by atomic mass is 9.95. The normalized spacial score (nSPS) is 19.1. The number of hydrogen-bond acceptors (Lipinski definition) is 3. The molecule has 0 radical (unpaired) electrons. The molecular weight excluding hydrogens is 338 g/mol. The number of hydrogen-bond donors (Lipinski definition) is 0. The highest BCUT2D eigenvalue weighted by atomic mass is 16.6. The first-order valence-corrected chi connectivity index (χ1v) is 9.12. The highest BCUT2D eigenvalue weighted by molar-refractivity contribution is 5.70. The number of carbonyl (C=O) groups is 1. The fraction of sp³-hybridized carbons (Fsp3) is 0.261. The third kappa shape index (κ3) is 4.59. The van der Waals surface area contributed by atoms with Crippen LogP contribution in [0.4, 0.5) is 4.79 Å². The molecule has 0 aromatic heterocycles. The van der Waals surface area contributed by atoms with Crippen LogP contribution >= 0.6 is 0 Å². The van der Waals surface area contributed by atoms with Crippen molar-refractivity contribution in [3.63, 3.8) is 0 Å². The van der Waals surface area contributed by atoms with E-state index in [0.29, 0.717) is 6.42 Å². The van der Waals surface area contributed by atoms with Gasteiger partial charge < -0.3 is 9.47 Å². The molecule has 2 atom stereocenters. The van der Waals surface area contributed by atoms with Crippen LogP contribution in [0, 0.1) is 0 Å². The molecule has 2 aromatic carbocycles. The molecule has 4 nitrogen and oxygen atoms in total. The number of ether oxygens (including phenoxy) is 2. The van der Waals surface area contributed by atoms with E-state index in [2.05, 4.69) is 18.7 Å². The zero-order chi connectivity index (χ0) is 19.1. The van der Waals surface area contributed by atoms with Gasteiger partial charge in [-0.15, -0.1) is 6.58 Å². The third-order valence-electron chi connectivity index (χ3n) is 4.76. The molecule has 0 spiro atoms. The van der Waals surface area contributed by atoms with Gasteiger partial charge in [0, 0.05) is 6.04 Å². The van der Waals surface area contributed by atoms with Crippen molar-refractivity contribution < 1.29 is 14.3 Å². The van der Waals surface area contributed by atoms with Gasteiger partial charge in [0.05, 0.1) is 7.11 Å². The minimum Gasteiger partial charge on any atom is -0.499 e. The minimum absolute atomic E-state index is 0.0161. The zero-order valence-corrected chi connectivity index (χ0v) is 15.6. The predicted octanol–water partition coefficient (Wildman–Crippen LogP) is 4.73. The Kier molecular flexibility index (Phi) is 6.31. The lowest BCUT2D eigenvalue weighted by Gasteiger charge is -2.39. The molecule has 140 valence electrons. The average molecular weight is 363 g/mol. The van der Waals surface area contributed by atoms with Gasteiger partial charge in [0.1, 0.15) is 18.4 Å². The summed E-state index contributed by atoms with van der Waals surface area (Å²) < 4.78 is 11.1. The second-order valence-corrected chi connectivity index (χ2v) is 6.52. The van der Waals surface area contributed by atoms with Crippen molar-refractivity contribution in [2.24, 2.45) is 0 Å². The summed E-state index contributed by atoms with van der Waals surface area (Å²) in [6.07, 6.45) is 4.88. The smallest absolute Gasteiger partial charge is 0.411 e. The van der Waals surface area contributed by atoms with Crippen LogP contribution in [0.3, 0.4) is 0 Å². The molecule has 0 bridgehead atoms. The van der Waals surface area contributed by atoms with Crippen molar-refractivity contribution in [2.75, 3.05) is 7.11 Å². The van der Waals surface area contributed by atoms with Crippen LogP contribution < -0.4 is 0 Å². The van der Waals surface area contributed by atoms with Crippen LogP contribution in [0.5, 0.6) is 0 Å². The Morgan fingerprint density at radius 2 is 1.74 bits per heavy atom. The van der Waals surface area contributed by atoms with Crippen LogP contribution in [0.1, 0.15) is 17.5 Å². The lowest BCUT2D eigenvalue weighted by Crippen LogP contribution is -2.50. The summed E-state index contributed by atoms with van der Waals surface area (Å²) in [4.78, 5) is 14.7. The first-order valence-electron chi connectivity index (χ1n) is 9.12. The number of methoxy groups -OCH3 is 1. The van der Waals surface area contributed by atoms with Crippen molar-refractivity contribution in [3.8, 4) is 0 Å². The molecule has 0 saturated heterocycles. The molecule has 1 amide bonds. The van der Waals surface area contributed by atoms with Gasteiger partial charge in [-0.2, -0.15) is 0 Å². The molecule has 0 saturated carbocycles. The summed E-state index contributed by atoms with van der Waals surface area (Å²) in [6.45, 7) is 4.14. The molecule has 1 aliphatic rings. The number of benzene rings is 2. The van der Waals surface area contributed by atoms with Crippen molar-refractivity contribution >= 4 is 6.09 Å². The van der Waals surface area contributed by atoms with Gasteiger partial charge in [-0.1, -0.05) is 66.7 Å². The summed E-state index contributed by atoms with van der Waals surface area (Å²) in [7, 11) is 1.62. The highest BCUT2D eigenvalue weighted by Gasteiger charge is 2.36. The molecule has 1 heterocycles. The van der Waals surface area contributed by atoms with E-state index in [1.807, 2.05) is 54.6 Å². The SMILES string of the molecule is C=C[C@H]1C(OC)=CC[C@@H](Cc2ccccc2)N1C(=O)OCc1ccccc1. The van der Waals surface area contributed by atoms with Crippen LogP contribution in [0.2, 0.25) is 0 Å². The average Bonchev–Trinajstić information content (AvgIpc) is 2.73. The molecular formula is C23H25NO3. The van der Waals surface area contributed by atoms with Gasteiger partial charge in [-0.25, -0.2) is 4.79 Å². The lowest BCUT2D eigenvalue weighted by molar-refractivity contribution is 0.0585. The van der Waals surface area contributed by atoms with Gasteiger partial charge in [0.25, 0.3) is 0 Å². The van der Waals surface area contributed by atoms with E-state index in [1.54, 1.807) is 18.1 Å². The van der Waals surface area contributed by atoms with Crippen LogP contribution in [0.25, 0.3) is 0 Å². The summed E-state index contributed by atoms with van der Waals surface area (Å²) in [6, 6.07) is 19.5. The topological polar surface area (TPSA) is 38.8 Å². The first-order chi connectivity index (χ1) is 13.2. The molecule has 0 aliphatic carbocycles. The number of rotatable bonds is 6. The highest BCUT2D eigenvalue weighted by Crippen LogP contribution is 2.28. The minimum atomic E-state index is -0.354. The van der Waals surface area contributed by atoms with Crippen molar-refractivity contribution in [1.82, 2.24) is 4.90 Å². The Bertz CT molecular complexity index is 786. The Morgan fingerprint density at radius 1 is 1.11 bits per heavy atom. The molecule has 3 rings (SSSR count). The van der Waals surface area contributed by atoms with Crippen LogP contribution in [-0.2, 0) is 22.5 Å². The summed E-state index contributed by atoms with van der Waals surface area (Å²) >= 11 is 0. The maximum atomic E-state index is 13.0. The Hall–Kier alpha value is -3.01. The molecule has 0 unspecified atom stereocenters. The second kappa shape index (κ2) is 9.08. The summed E-state index contributed by atoms with van der Waals surface area (Å²) in [5, 5.41) is 0. The van der Waals surface area contributed by atoms with Crippen LogP contribution in [-0.4, -0.2) is 30.2 Å². The molecule has 27 heavy (non-hydrogen) atoms. The van der Waals surface area contributed by atoms with E-state index in [0.717, 1.165) is 17.7 Å². The van der Waals surface area contributed by atoms with E-state index >= 15 is 0 Å². The standard InChI is InChI=1S/C23H25NO3/c1-3-21-22(26-2)15-14-20(16-18-10-6-4-7-11-18)24(21)23(25)27-17-19-12-8-5-9-13-19/h3-13,15,20-21H,1,14,16-17H2,2H3/t20-,21-/m0/s1. The third-order valence-corrected chi connectivity index (χ3v) is 4.76. The van der Waals surface area contributed by atoms with E-state index in [4.69, 9.17) is 9.47 Å². The molecule has 4 heteroatoms. The van der Waals surface area contributed by atoms with Crippen LogP contribution in [0.15, 0.2) is 85.2 Å². The maximum Gasteiger partial charge on any atom is 0.411 e. The summed E-state index contributed by atoms with van der Waals surface area (Å²) in [5.41, 5.74) is 2.14. The Labute approximate surface area is 160 Å². The number of amides is 1. The summed E-state index contributed by atoms with van der Waals surface area (Å²) in [5.74, 6) is 0.728. The van der Waals surface area contributed by atoms with E-state index in [1.165, 1.54) is 5.56 Å². The van der Waals surface area contributed by atoms with E-state index in [-0.39, 0.29) is 24.8 Å². The van der Waals surface area contributed by atoms with Gasteiger partial charge in [0.2, 0.25) is 0 Å². The van der Waals surface area contributed by atoms with Gasteiger partial charge in [-0.3, -0.25) is 4.90 Å². The Morgan fingerprint density at radius 3 is 2.33 bits per heavy atom. The molecule has 0 N–H and O–H groups in total. The van der Waals surface area contributed by atoms with Gasteiger partial charge >= 0.3 is 6.09 Å². The zero-order valence-electron chi connectivity index (χ0n) is 15.6. The van der Waals surface area contributed by atoms with Crippen molar-refractivity contribution in [1.29, 1.82) is 0 Å². The quantitative estimate of drug-likeness (QED) is 0.697. The Balaban J connectivity index is 1.79. The largest absolute Gasteiger partial charge is 0.499 e. The predicted molar refractivity (Wildman–Crippen MR) is 106 cm³/mol. The van der Waals surface area contributed by atoms with Gasteiger partial charge in [-0.05, 0) is 30.0 Å².